The van der Waals surface area contributed by atoms with E-state index in [1.807, 2.05) is 45.0 Å². The van der Waals surface area contributed by atoms with Gasteiger partial charge in [0.1, 0.15) is 5.75 Å². The van der Waals surface area contributed by atoms with Gasteiger partial charge in [-0.3, -0.25) is 0 Å². The van der Waals surface area contributed by atoms with Gasteiger partial charge in [-0.2, -0.15) is 8.78 Å². The molecule has 6 heteroatoms. The number of hydrogen-bond donors (Lipinski definition) is 0. The Morgan fingerprint density at radius 3 is 2.64 bits per heavy atom. The maximum Gasteiger partial charge on any atom is 0.494 e. The van der Waals surface area contributed by atoms with Crippen molar-refractivity contribution in [2.75, 3.05) is 7.11 Å². The second-order valence-corrected chi connectivity index (χ2v) is 6.12. The third-order valence-electron chi connectivity index (χ3n) is 4.33. The third-order valence-corrected chi connectivity index (χ3v) is 4.33. The zero-order chi connectivity index (χ0) is 16.4. The lowest BCUT2D eigenvalue weighted by Crippen LogP contribution is -2.44. The van der Waals surface area contributed by atoms with Gasteiger partial charge in [-0.25, -0.2) is 0 Å². The van der Waals surface area contributed by atoms with E-state index in [4.69, 9.17) is 14.0 Å². The molecule has 1 aromatic carbocycles. The highest BCUT2D eigenvalue weighted by Gasteiger charge is 2.54. The van der Waals surface area contributed by atoms with E-state index in [9.17, 15) is 8.78 Å². The summed E-state index contributed by atoms with van der Waals surface area (Å²) in [4.78, 5) is 0. The molecule has 0 saturated carbocycles. The van der Waals surface area contributed by atoms with Crippen LogP contribution in [0, 0.1) is 0 Å². The Morgan fingerprint density at radius 1 is 1.27 bits per heavy atom. The summed E-state index contributed by atoms with van der Waals surface area (Å²) in [5.74, 6) is 0.721. The monoisotopic (exact) mass is 310 g/mol. The molecule has 3 nitrogen and oxygen atoms in total. The van der Waals surface area contributed by atoms with E-state index in [1.54, 1.807) is 7.11 Å². The number of rotatable bonds is 5. The van der Waals surface area contributed by atoms with E-state index in [0.29, 0.717) is 6.42 Å². The van der Waals surface area contributed by atoms with Crippen molar-refractivity contribution in [3.05, 3.63) is 36.4 Å². The van der Waals surface area contributed by atoms with Crippen LogP contribution in [-0.2, 0) is 9.31 Å². The summed E-state index contributed by atoms with van der Waals surface area (Å²) >= 11 is 0. The molecule has 1 aromatic rings. The van der Waals surface area contributed by atoms with Gasteiger partial charge in [-0.1, -0.05) is 12.1 Å². The smallest absolute Gasteiger partial charge is 0.494 e. The number of ether oxygens (including phenoxy) is 1. The van der Waals surface area contributed by atoms with Crippen molar-refractivity contribution in [1.29, 1.82) is 0 Å². The third kappa shape index (κ3) is 3.50. The summed E-state index contributed by atoms with van der Waals surface area (Å²) in [6, 6.07) is 7.46. The van der Waals surface area contributed by atoms with Crippen LogP contribution in [0.15, 0.2) is 36.4 Å². The van der Waals surface area contributed by atoms with Crippen molar-refractivity contribution < 1.29 is 22.8 Å². The molecular weight excluding hydrogens is 289 g/mol. The summed E-state index contributed by atoms with van der Waals surface area (Å²) in [5.41, 5.74) is -0.378. The molecule has 0 spiro atoms. The first kappa shape index (κ1) is 17.0. The minimum atomic E-state index is -1.66. The minimum absolute atomic E-state index is 0.246. The van der Waals surface area contributed by atoms with Crippen molar-refractivity contribution in [3.8, 4) is 5.75 Å². The molecule has 2 rings (SSSR count). The van der Waals surface area contributed by atoms with E-state index < -0.39 is 24.4 Å². The van der Waals surface area contributed by atoms with Gasteiger partial charge >= 0.3 is 7.12 Å². The van der Waals surface area contributed by atoms with E-state index in [-0.39, 0.29) is 6.42 Å². The van der Waals surface area contributed by atoms with Gasteiger partial charge in [0.25, 0.3) is 6.08 Å². The largest absolute Gasteiger partial charge is 0.497 e. The molecule has 0 radical (unpaired) electrons. The Kier molecular flexibility index (Phi) is 4.92. The lowest BCUT2D eigenvalue weighted by atomic mass is 9.79. The zero-order valence-corrected chi connectivity index (χ0v) is 13.4. The molecule has 1 unspecified atom stereocenters. The lowest BCUT2D eigenvalue weighted by Gasteiger charge is -2.36. The molecule has 1 aliphatic heterocycles. The molecule has 120 valence electrons. The number of methoxy groups -OCH3 is 1. The van der Waals surface area contributed by atoms with Gasteiger partial charge in [-0.05, 0) is 57.3 Å². The Morgan fingerprint density at radius 2 is 2.00 bits per heavy atom. The van der Waals surface area contributed by atoms with Gasteiger partial charge in [0.15, 0.2) is 0 Å². The Bertz CT molecular complexity index is 558. The predicted octanol–water partition coefficient (Wildman–Crippen LogP) is 3.54. The maximum absolute atomic E-state index is 12.2. The second kappa shape index (κ2) is 6.38. The fourth-order valence-electron chi connectivity index (χ4n) is 2.54. The predicted molar refractivity (Wildman–Crippen MR) is 82.6 cm³/mol. The van der Waals surface area contributed by atoms with Gasteiger partial charge in [0.2, 0.25) is 0 Å². The Labute approximate surface area is 130 Å². The molecule has 22 heavy (non-hydrogen) atoms. The van der Waals surface area contributed by atoms with Gasteiger partial charge < -0.3 is 14.0 Å². The number of hydrogen-bond acceptors (Lipinski definition) is 3. The quantitative estimate of drug-likeness (QED) is 0.779. The second-order valence-electron chi connectivity index (χ2n) is 6.12. The minimum Gasteiger partial charge on any atom is -0.497 e. The van der Waals surface area contributed by atoms with Crippen molar-refractivity contribution in [3.63, 3.8) is 0 Å². The fourth-order valence-corrected chi connectivity index (χ4v) is 2.54. The molecule has 0 N–H and O–H groups in total. The molecule has 1 saturated heterocycles. The summed E-state index contributed by atoms with van der Waals surface area (Å²) in [6.45, 7) is 5.74. The van der Waals surface area contributed by atoms with Crippen LogP contribution in [0.1, 0.15) is 33.6 Å². The molecule has 1 aliphatic rings. The average Bonchev–Trinajstić information content (AvgIpc) is 2.69. The molecule has 1 heterocycles. The van der Waals surface area contributed by atoms with Crippen LogP contribution in [0.4, 0.5) is 8.78 Å². The van der Waals surface area contributed by atoms with Crippen molar-refractivity contribution in [1.82, 2.24) is 0 Å². The van der Waals surface area contributed by atoms with Crippen molar-refractivity contribution in [2.45, 2.75) is 44.8 Å². The van der Waals surface area contributed by atoms with Crippen LogP contribution in [0.2, 0.25) is 0 Å². The standard InChI is InChI=1S/C16H21BF2O3/c1-15(2)16(3,10-6-9-14(18)19)22-17(21-15)12-7-5-8-13(11-12)20-4/h5,7-9,11H,6,10H2,1-4H3. The fraction of sp³-hybridized carbons (Fsp3) is 0.500. The molecule has 0 amide bonds. The van der Waals surface area contributed by atoms with Crippen LogP contribution in [0.25, 0.3) is 0 Å². The van der Waals surface area contributed by atoms with Gasteiger partial charge in [0.05, 0.1) is 18.3 Å². The summed E-state index contributed by atoms with van der Waals surface area (Å²) < 4.78 is 41.8. The maximum atomic E-state index is 12.2. The van der Waals surface area contributed by atoms with Crippen LogP contribution < -0.4 is 10.2 Å². The van der Waals surface area contributed by atoms with Crippen molar-refractivity contribution in [2.24, 2.45) is 0 Å². The van der Waals surface area contributed by atoms with E-state index >= 15 is 0 Å². The molecule has 1 fully saturated rings. The van der Waals surface area contributed by atoms with Crippen LogP contribution in [-0.4, -0.2) is 25.4 Å². The van der Waals surface area contributed by atoms with E-state index in [2.05, 4.69) is 0 Å². The number of allylic oxidation sites excluding steroid dienone is 1. The number of halogens is 2. The molecule has 0 aliphatic carbocycles. The average molecular weight is 310 g/mol. The Balaban J connectivity index is 2.16. The van der Waals surface area contributed by atoms with Gasteiger partial charge in [0, 0.05) is 0 Å². The molecule has 0 bridgehead atoms. The number of benzene rings is 1. The van der Waals surface area contributed by atoms with Crippen LogP contribution >= 0.6 is 0 Å². The lowest BCUT2D eigenvalue weighted by molar-refractivity contribution is -0.0149. The van der Waals surface area contributed by atoms with Crippen LogP contribution in [0.5, 0.6) is 5.75 Å². The van der Waals surface area contributed by atoms with Gasteiger partial charge in [-0.15, -0.1) is 0 Å². The summed E-state index contributed by atoms with van der Waals surface area (Å²) in [5, 5.41) is 0. The molecular formula is C16H21BF2O3. The first-order chi connectivity index (χ1) is 10.3. The highest BCUT2D eigenvalue weighted by Crippen LogP contribution is 2.40. The topological polar surface area (TPSA) is 27.7 Å². The molecule has 1 atom stereocenters. The SMILES string of the molecule is COc1cccc(B2OC(C)(C)C(C)(CCC=C(F)F)O2)c1. The summed E-state index contributed by atoms with van der Waals surface area (Å²) in [6.07, 6.45) is -0.0395. The highest BCUT2D eigenvalue weighted by molar-refractivity contribution is 6.62. The van der Waals surface area contributed by atoms with E-state index in [1.165, 1.54) is 0 Å². The zero-order valence-electron chi connectivity index (χ0n) is 13.4. The van der Waals surface area contributed by atoms with E-state index in [0.717, 1.165) is 17.3 Å². The molecule has 0 aromatic heterocycles. The first-order valence-electron chi connectivity index (χ1n) is 7.28. The first-order valence-corrected chi connectivity index (χ1v) is 7.28. The van der Waals surface area contributed by atoms with Crippen LogP contribution in [0.3, 0.4) is 0 Å². The summed E-state index contributed by atoms with van der Waals surface area (Å²) in [7, 11) is 1.07. The Hall–Kier alpha value is -1.40. The van der Waals surface area contributed by atoms with Crippen molar-refractivity contribution >= 4 is 12.6 Å². The highest BCUT2D eigenvalue weighted by atomic mass is 19.3. The normalized spacial score (nSPS) is 23.5.